The van der Waals surface area contributed by atoms with E-state index in [2.05, 4.69) is 15.5 Å². The van der Waals surface area contributed by atoms with Gasteiger partial charge in [0.25, 0.3) is 0 Å². The molecule has 0 aliphatic carbocycles. The molecule has 0 aliphatic rings. The lowest BCUT2D eigenvalue weighted by atomic mass is 10.3. The Morgan fingerprint density at radius 1 is 1.28 bits per heavy atom. The van der Waals surface area contributed by atoms with E-state index in [1.54, 1.807) is 14.2 Å². The Morgan fingerprint density at radius 2 is 2.06 bits per heavy atom. The van der Waals surface area contributed by atoms with E-state index in [9.17, 15) is 0 Å². The highest BCUT2D eigenvalue weighted by Crippen LogP contribution is 2.04. The fourth-order valence-corrected chi connectivity index (χ4v) is 1.86. The van der Waals surface area contributed by atoms with E-state index in [0.717, 1.165) is 11.5 Å². The lowest BCUT2D eigenvalue weighted by molar-refractivity contribution is -0.119. The Labute approximate surface area is 106 Å². The van der Waals surface area contributed by atoms with E-state index >= 15 is 0 Å². The summed E-state index contributed by atoms with van der Waals surface area (Å²) in [6, 6.07) is 5.88. The van der Waals surface area contributed by atoms with Gasteiger partial charge in [0.05, 0.1) is 12.6 Å². The fourth-order valence-electron chi connectivity index (χ4n) is 1.86. The van der Waals surface area contributed by atoms with Gasteiger partial charge in [0.15, 0.2) is 17.8 Å². The Balaban J connectivity index is 2.02. The van der Waals surface area contributed by atoms with Gasteiger partial charge in [0.1, 0.15) is 0 Å². The van der Waals surface area contributed by atoms with E-state index in [-0.39, 0.29) is 12.3 Å². The number of methoxy groups -OCH3 is 2. The molecule has 0 aliphatic heterocycles. The van der Waals surface area contributed by atoms with Crippen LogP contribution in [0.1, 0.15) is 12.7 Å². The predicted molar refractivity (Wildman–Crippen MR) is 67.1 cm³/mol. The summed E-state index contributed by atoms with van der Waals surface area (Å²) in [7, 11) is 3.25. The molecule has 0 spiro atoms. The van der Waals surface area contributed by atoms with Crippen molar-refractivity contribution in [2.24, 2.45) is 0 Å². The first-order valence-electron chi connectivity index (χ1n) is 5.84. The molecule has 0 bridgehead atoms. The second-order valence-electron chi connectivity index (χ2n) is 4.05. The zero-order valence-corrected chi connectivity index (χ0v) is 10.8. The lowest BCUT2D eigenvalue weighted by Crippen LogP contribution is -2.39. The normalized spacial score (nSPS) is 13.3. The highest BCUT2D eigenvalue weighted by Gasteiger charge is 2.15. The van der Waals surface area contributed by atoms with E-state index in [0.29, 0.717) is 6.54 Å². The van der Waals surface area contributed by atoms with Crippen molar-refractivity contribution in [3.05, 3.63) is 30.2 Å². The third-order valence-electron chi connectivity index (χ3n) is 2.84. The van der Waals surface area contributed by atoms with Crippen LogP contribution in [0.15, 0.2) is 24.4 Å². The van der Waals surface area contributed by atoms with E-state index in [1.807, 2.05) is 35.7 Å². The number of ether oxygens (including phenoxy) is 2. The summed E-state index contributed by atoms with van der Waals surface area (Å²) in [4.78, 5) is 0. The van der Waals surface area contributed by atoms with Gasteiger partial charge in [-0.3, -0.25) is 4.40 Å². The maximum Gasteiger partial charge on any atom is 0.171 e. The molecule has 2 aromatic rings. The van der Waals surface area contributed by atoms with E-state index < -0.39 is 0 Å². The smallest absolute Gasteiger partial charge is 0.171 e. The number of pyridine rings is 1. The van der Waals surface area contributed by atoms with Crippen molar-refractivity contribution < 1.29 is 9.47 Å². The van der Waals surface area contributed by atoms with Gasteiger partial charge in [0.2, 0.25) is 0 Å². The van der Waals surface area contributed by atoms with Crippen LogP contribution in [0.2, 0.25) is 0 Å². The summed E-state index contributed by atoms with van der Waals surface area (Å²) in [5.41, 5.74) is 0.844. The molecule has 98 valence electrons. The van der Waals surface area contributed by atoms with Gasteiger partial charge in [0, 0.05) is 20.4 Å². The molecule has 2 heterocycles. The van der Waals surface area contributed by atoms with Crippen molar-refractivity contribution in [3.63, 3.8) is 0 Å². The topological polar surface area (TPSA) is 60.7 Å². The molecule has 6 nitrogen and oxygen atoms in total. The number of rotatable bonds is 6. The molecule has 0 aromatic carbocycles. The van der Waals surface area contributed by atoms with Crippen molar-refractivity contribution >= 4 is 5.65 Å². The third kappa shape index (κ3) is 2.66. The second kappa shape index (κ2) is 5.90. The predicted octanol–water partition coefficient (Wildman–Crippen LogP) is 0.826. The minimum absolute atomic E-state index is 0.0658. The Kier molecular flexibility index (Phi) is 4.24. The van der Waals surface area contributed by atoms with Gasteiger partial charge >= 0.3 is 0 Å². The van der Waals surface area contributed by atoms with Crippen LogP contribution in [0.25, 0.3) is 5.65 Å². The van der Waals surface area contributed by atoms with Crippen molar-refractivity contribution in [1.82, 2.24) is 19.9 Å². The number of aromatic nitrogens is 3. The molecule has 1 unspecified atom stereocenters. The number of hydrogen-bond acceptors (Lipinski definition) is 5. The first kappa shape index (κ1) is 12.9. The van der Waals surface area contributed by atoms with E-state index in [1.165, 1.54) is 0 Å². The molecule has 1 atom stereocenters. The van der Waals surface area contributed by atoms with Crippen molar-refractivity contribution in [1.29, 1.82) is 0 Å². The molecular formula is C12H18N4O2. The van der Waals surface area contributed by atoms with Gasteiger partial charge < -0.3 is 14.8 Å². The molecule has 0 saturated carbocycles. The first-order chi connectivity index (χ1) is 8.76. The lowest BCUT2D eigenvalue weighted by Gasteiger charge is -2.21. The average molecular weight is 250 g/mol. The SMILES string of the molecule is COC(OC)C(C)NCc1nnc2ccccn12. The van der Waals surface area contributed by atoms with E-state index in [4.69, 9.17) is 9.47 Å². The Hall–Kier alpha value is -1.50. The maximum atomic E-state index is 5.19. The average Bonchev–Trinajstić information content (AvgIpc) is 2.81. The molecular weight excluding hydrogens is 232 g/mol. The van der Waals surface area contributed by atoms with Crippen molar-refractivity contribution in [2.75, 3.05) is 14.2 Å². The highest BCUT2D eigenvalue weighted by atomic mass is 16.7. The minimum atomic E-state index is -0.274. The molecule has 0 amide bonds. The standard InChI is InChI=1S/C12H18N4O2/c1-9(12(17-2)18-3)13-8-11-15-14-10-6-4-5-7-16(10)11/h4-7,9,12-13H,8H2,1-3H3. The number of nitrogens with one attached hydrogen (secondary N) is 1. The summed E-state index contributed by atoms with van der Waals surface area (Å²) in [5.74, 6) is 0.864. The first-order valence-corrected chi connectivity index (χ1v) is 5.84. The molecule has 1 N–H and O–H groups in total. The highest BCUT2D eigenvalue weighted by molar-refractivity contribution is 5.36. The van der Waals surface area contributed by atoms with Gasteiger partial charge in [-0.15, -0.1) is 10.2 Å². The molecule has 0 saturated heterocycles. The number of hydrogen-bond donors (Lipinski definition) is 1. The van der Waals surface area contributed by atoms with Crippen LogP contribution in [0, 0.1) is 0 Å². The fraction of sp³-hybridized carbons (Fsp3) is 0.500. The number of nitrogens with zero attached hydrogens (tertiary/aromatic N) is 3. The number of fused-ring (bicyclic) bond motifs is 1. The summed E-state index contributed by atoms with van der Waals surface area (Å²) in [6.07, 6.45) is 1.67. The van der Waals surface area contributed by atoms with Gasteiger partial charge in [-0.1, -0.05) is 6.07 Å². The third-order valence-corrected chi connectivity index (χ3v) is 2.84. The maximum absolute atomic E-state index is 5.19. The Morgan fingerprint density at radius 3 is 2.78 bits per heavy atom. The van der Waals surface area contributed by atoms with Crippen LogP contribution in [-0.4, -0.2) is 41.1 Å². The molecule has 0 fully saturated rings. The van der Waals surface area contributed by atoms with Gasteiger partial charge in [-0.25, -0.2) is 0 Å². The Bertz CT molecular complexity index is 496. The zero-order chi connectivity index (χ0) is 13.0. The van der Waals surface area contributed by atoms with Crippen LogP contribution in [0.4, 0.5) is 0 Å². The molecule has 2 aromatic heterocycles. The van der Waals surface area contributed by atoms with Crippen molar-refractivity contribution in [2.45, 2.75) is 25.8 Å². The summed E-state index contributed by atoms with van der Waals surface area (Å²) in [6.45, 7) is 2.61. The second-order valence-corrected chi connectivity index (χ2v) is 4.05. The van der Waals surface area contributed by atoms with Crippen LogP contribution >= 0.6 is 0 Å². The van der Waals surface area contributed by atoms with Crippen molar-refractivity contribution in [3.8, 4) is 0 Å². The minimum Gasteiger partial charge on any atom is -0.354 e. The largest absolute Gasteiger partial charge is 0.354 e. The zero-order valence-electron chi connectivity index (χ0n) is 10.8. The summed E-state index contributed by atoms with van der Waals surface area (Å²) >= 11 is 0. The van der Waals surface area contributed by atoms with Crippen LogP contribution in [0.3, 0.4) is 0 Å². The monoisotopic (exact) mass is 250 g/mol. The quantitative estimate of drug-likeness (QED) is 0.769. The van der Waals surface area contributed by atoms with Crippen LogP contribution in [0.5, 0.6) is 0 Å². The summed E-state index contributed by atoms with van der Waals surface area (Å²) < 4.78 is 12.3. The molecule has 0 radical (unpaired) electrons. The van der Waals surface area contributed by atoms with Gasteiger partial charge in [-0.2, -0.15) is 0 Å². The molecule has 2 rings (SSSR count). The molecule has 18 heavy (non-hydrogen) atoms. The molecule has 6 heteroatoms. The van der Waals surface area contributed by atoms with Gasteiger partial charge in [-0.05, 0) is 19.1 Å². The van der Waals surface area contributed by atoms with Crippen LogP contribution in [-0.2, 0) is 16.0 Å². The van der Waals surface area contributed by atoms with Crippen LogP contribution < -0.4 is 5.32 Å². The summed E-state index contributed by atoms with van der Waals surface area (Å²) in [5, 5.41) is 11.5.